The van der Waals surface area contributed by atoms with E-state index < -0.39 is 0 Å². The number of hydrogen-bond acceptors (Lipinski definition) is 2. The second-order valence-corrected chi connectivity index (χ2v) is 6.30. The summed E-state index contributed by atoms with van der Waals surface area (Å²) in [6.45, 7) is 3.88. The summed E-state index contributed by atoms with van der Waals surface area (Å²) in [5, 5.41) is -0.112. The lowest BCUT2D eigenvalue weighted by Gasteiger charge is -2.04. The highest BCUT2D eigenvalue weighted by Gasteiger charge is 2.18. The van der Waals surface area contributed by atoms with Crippen LogP contribution in [0.25, 0.3) is 0 Å². The molecule has 80 valence electrons. The lowest BCUT2D eigenvalue weighted by atomic mass is 10.1. The van der Waals surface area contributed by atoms with Crippen molar-refractivity contribution in [1.29, 1.82) is 0 Å². The van der Waals surface area contributed by atoms with Crippen molar-refractivity contribution in [3.63, 3.8) is 0 Å². The average molecular weight is 306 g/mol. The van der Waals surface area contributed by atoms with Gasteiger partial charge in [-0.15, -0.1) is 22.9 Å². The Morgan fingerprint density at radius 1 is 1.40 bits per heavy atom. The smallest absolute Gasteiger partial charge is 0.106 e. The second kappa shape index (κ2) is 4.32. The van der Waals surface area contributed by atoms with E-state index in [2.05, 4.69) is 15.9 Å². The molecule has 2 heterocycles. The molecule has 0 saturated carbocycles. The van der Waals surface area contributed by atoms with E-state index in [0.29, 0.717) is 0 Å². The van der Waals surface area contributed by atoms with Gasteiger partial charge < -0.3 is 4.42 Å². The number of thiophene rings is 1. The third-order valence-electron chi connectivity index (χ3n) is 2.20. The molecular formula is C11H10BrClOS. The summed E-state index contributed by atoms with van der Waals surface area (Å²) >= 11 is 11.5. The fraction of sp³-hybridized carbons (Fsp3) is 0.273. The molecule has 1 unspecified atom stereocenters. The molecular weight excluding hydrogens is 296 g/mol. The van der Waals surface area contributed by atoms with Crippen molar-refractivity contribution in [2.45, 2.75) is 19.2 Å². The summed E-state index contributed by atoms with van der Waals surface area (Å²) in [5.74, 6) is 1.81. The van der Waals surface area contributed by atoms with Crippen LogP contribution in [0.4, 0.5) is 0 Å². The zero-order valence-corrected chi connectivity index (χ0v) is 11.5. The minimum absolute atomic E-state index is 0.112. The molecule has 0 aliphatic rings. The molecule has 0 fully saturated rings. The van der Waals surface area contributed by atoms with Gasteiger partial charge in [0.2, 0.25) is 0 Å². The van der Waals surface area contributed by atoms with Crippen LogP contribution >= 0.6 is 38.9 Å². The van der Waals surface area contributed by atoms with Gasteiger partial charge in [0.05, 0.1) is 9.16 Å². The van der Waals surface area contributed by atoms with Crippen LogP contribution in [-0.4, -0.2) is 0 Å². The van der Waals surface area contributed by atoms with Crippen molar-refractivity contribution >= 4 is 38.9 Å². The third kappa shape index (κ3) is 2.30. The standard InChI is InChI=1S/C11H10BrClOS/c1-6-5-8(7(2)14-6)11(13)9-3-4-10(12)15-9/h3-5,11H,1-2H3. The van der Waals surface area contributed by atoms with Gasteiger partial charge in [0, 0.05) is 10.4 Å². The molecule has 0 N–H and O–H groups in total. The number of hydrogen-bond donors (Lipinski definition) is 0. The summed E-state index contributed by atoms with van der Waals surface area (Å²) < 4.78 is 6.57. The molecule has 0 aliphatic carbocycles. The highest BCUT2D eigenvalue weighted by molar-refractivity contribution is 9.11. The van der Waals surface area contributed by atoms with Gasteiger partial charge in [-0.05, 0) is 48.0 Å². The maximum Gasteiger partial charge on any atom is 0.106 e. The Hall–Kier alpha value is -0.250. The predicted octanol–water partition coefficient (Wildman–Crippen LogP) is 5.05. The van der Waals surface area contributed by atoms with Crippen LogP contribution in [0, 0.1) is 13.8 Å². The van der Waals surface area contributed by atoms with E-state index in [1.54, 1.807) is 11.3 Å². The largest absolute Gasteiger partial charge is 0.466 e. The molecule has 0 aromatic carbocycles. The summed E-state index contributed by atoms with van der Waals surface area (Å²) in [4.78, 5) is 1.13. The molecule has 15 heavy (non-hydrogen) atoms. The lowest BCUT2D eigenvalue weighted by molar-refractivity contribution is 0.501. The Balaban J connectivity index is 2.35. The van der Waals surface area contributed by atoms with Crippen LogP contribution in [0.5, 0.6) is 0 Å². The summed E-state index contributed by atoms with van der Waals surface area (Å²) in [6, 6.07) is 6.05. The zero-order valence-electron chi connectivity index (χ0n) is 8.38. The molecule has 0 radical (unpaired) electrons. The van der Waals surface area contributed by atoms with Gasteiger partial charge in [-0.1, -0.05) is 0 Å². The number of alkyl halides is 1. The van der Waals surface area contributed by atoms with Crippen LogP contribution in [0.3, 0.4) is 0 Å². The maximum absolute atomic E-state index is 6.39. The fourth-order valence-corrected chi connectivity index (χ4v) is 3.36. The number of furan rings is 1. The van der Waals surface area contributed by atoms with Crippen molar-refractivity contribution in [1.82, 2.24) is 0 Å². The predicted molar refractivity (Wildman–Crippen MR) is 67.9 cm³/mol. The quantitative estimate of drug-likeness (QED) is 0.708. The van der Waals surface area contributed by atoms with Gasteiger partial charge in [-0.3, -0.25) is 0 Å². The first-order chi connectivity index (χ1) is 7.08. The minimum Gasteiger partial charge on any atom is -0.466 e. The highest BCUT2D eigenvalue weighted by atomic mass is 79.9. The fourth-order valence-electron chi connectivity index (χ4n) is 1.52. The van der Waals surface area contributed by atoms with Crippen molar-refractivity contribution in [2.75, 3.05) is 0 Å². The van der Waals surface area contributed by atoms with E-state index in [4.69, 9.17) is 16.0 Å². The summed E-state index contributed by atoms with van der Waals surface area (Å²) in [7, 11) is 0. The normalized spacial score (nSPS) is 13.1. The summed E-state index contributed by atoms with van der Waals surface area (Å²) in [6.07, 6.45) is 0. The Morgan fingerprint density at radius 3 is 2.60 bits per heavy atom. The molecule has 0 spiro atoms. The molecule has 1 nitrogen and oxygen atoms in total. The Labute approximate surface area is 106 Å². The van der Waals surface area contributed by atoms with Crippen molar-refractivity contribution < 1.29 is 4.42 Å². The first kappa shape index (κ1) is 11.2. The third-order valence-corrected chi connectivity index (χ3v) is 4.48. The highest BCUT2D eigenvalue weighted by Crippen LogP contribution is 2.37. The number of aryl methyl sites for hydroxylation is 2. The van der Waals surface area contributed by atoms with E-state index in [0.717, 1.165) is 25.7 Å². The molecule has 0 saturated heterocycles. The molecule has 1 atom stereocenters. The topological polar surface area (TPSA) is 13.1 Å². The van der Waals surface area contributed by atoms with Crippen molar-refractivity contribution in [3.05, 3.63) is 43.9 Å². The van der Waals surface area contributed by atoms with Crippen LogP contribution in [0.2, 0.25) is 0 Å². The number of halogens is 2. The van der Waals surface area contributed by atoms with Gasteiger partial charge in [0.25, 0.3) is 0 Å². The van der Waals surface area contributed by atoms with Gasteiger partial charge in [0.1, 0.15) is 11.5 Å². The van der Waals surface area contributed by atoms with Crippen molar-refractivity contribution in [3.8, 4) is 0 Å². The molecule has 0 aliphatic heterocycles. The maximum atomic E-state index is 6.39. The molecule has 0 amide bonds. The first-order valence-corrected chi connectivity index (χ1v) is 6.59. The molecule has 2 aromatic heterocycles. The van der Waals surface area contributed by atoms with Crippen LogP contribution in [0.1, 0.15) is 27.3 Å². The van der Waals surface area contributed by atoms with E-state index >= 15 is 0 Å². The minimum atomic E-state index is -0.112. The van der Waals surface area contributed by atoms with E-state index in [1.807, 2.05) is 32.0 Å². The monoisotopic (exact) mass is 304 g/mol. The van der Waals surface area contributed by atoms with E-state index in [1.165, 1.54) is 0 Å². The van der Waals surface area contributed by atoms with Crippen LogP contribution in [0.15, 0.2) is 26.4 Å². The molecule has 4 heteroatoms. The Kier molecular flexibility index (Phi) is 3.24. The van der Waals surface area contributed by atoms with Crippen LogP contribution in [-0.2, 0) is 0 Å². The molecule has 2 aromatic rings. The Bertz CT molecular complexity index is 475. The Morgan fingerprint density at radius 2 is 2.13 bits per heavy atom. The van der Waals surface area contributed by atoms with Gasteiger partial charge in [0.15, 0.2) is 0 Å². The van der Waals surface area contributed by atoms with Gasteiger partial charge in [-0.2, -0.15) is 0 Å². The van der Waals surface area contributed by atoms with Gasteiger partial charge in [-0.25, -0.2) is 0 Å². The van der Waals surface area contributed by atoms with E-state index in [-0.39, 0.29) is 5.38 Å². The first-order valence-electron chi connectivity index (χ1n) is 4.54. The van der Waals surface area contributed by atoms with Gasteiger partial charge >= 0.3 is 0 Å². The SMILES string of the molecule is Cc1cc(C(Cl)c2ccc(Br)s2)c(C)o1. The molecule has 0 bridgehead atoms. The number of rotatable bonds is 2. The lowest BCUT2D eigenvalue weighted by Crippen LogP contribution is -1.89. The molecule has 2 rings (SSSR count). The van der Waals surface area contributed by atoms with Crippen LogP contribution < -0.4 is 0 Å². The second-order valence-electron chi connectivity index (χ2n) is 3.37. The van der Waals surface area contributed by atoms with E-state index in [9.17, 15) is 0 Å². The average Bonchev–Trinajstić information content (AvgIpc) is 2.71. The zero-order chi connectivity index (χ0) is 11.0. The summed E-state index contributed by atoms with van der Waals surface area (Å²) in [5.41, 5.74) is 1.06. The van der Waals surface area contributed by atoms with Crippen molar-refractivity contribution in [2.24, 2.45) is 0 Å².